The molecule has 32 heavy (non-hydrogen) atoms. The number of hydrogen-bond donors (Lipinski definition) is 4. The molecule has 0 saturated carbocycles. The first-order valence-electron chi connectivity index (χ1n) is 9.76. The Hall–Kier alpha value is -2.65. The van der Waals surface area contributed by atoms with Gasteiger partial charge in [-0.2, -0.15) is 0 Å². The molecular weight excluding hydrogens is 462 g/mol. The van der Waals surface area contributed by atoms with Gasteiger partial charge in [-0.3, -0.25) is 14.0 Å². The number of aliphatic hydroxyl groups is 1. The lowest BCUT2D eigenvalue weighted by Crippen LogP contribution is -2.58. The largest absolute Gasteiger partial charge is 0.477 e. The highest BCUT2D eigenvalue weighted by Gasteiger charge is 2.54. The molecule has 1 saturated heterocycles. The SMILES string of the molecule is NCCS(=O)(=O)NCC(=O)c1ncn2cc(C3=C(C(=O)O)N4C(=O)[C@@H](CCO)[C@H]4C3)sc12. The number of amides is 1. The quantitative estimate of drug-likeness (QED) is 0.240. The second kappa shape index (κ2) is 8.37. The first-order chi connectivity index (χ1) is 15.2. The van der Waals surface area contributed by atoms with Crippen LogP contribution in [0.15, 0.2) is 18.2 Å². The number of carboxylic acid groups (broad SMARTS) is 1. The van der Waals surface area contributed by atoms with Crippen molar-refractivity contribution in [2.45, 2.75) is 18.9 Å². The zero-order chi connectivity index (χ0) is 23.2. The number of β-lactam (4-membered cyclic amide) rings is 1. The molecule has 1 fully saturated rings. The maximum Gasteiger partial charge on any atom is 0.352 e. The number of imidazole rings is 1. The van der Waals surface area contributed by atoms with Crippen molar-refractivity contribution >= 4 is 49.4 Å². The summed E-state index contributed by atoms with van der Waals surface area (Å²) in [6, 6.07) is -0.312. The Labute approximate surface area is 186 Å². The lowest BCUT2D eigenvalue weighted by Gasteiger charge is -2.43. The Balaban J connectivity index is 1.62. The molecule has 4 rings (SSSR count). The zero-order valence-corrected chi connectivity index (χ0v) is 18.4. The van der Waals surface area contributed by atoms with Crippen molar-refractivity contribution in [1.29, 1.82) is 0 Å². The van der Waals surface area contributed by atoms with Gasteiger partial charge in [-0.1, -0.05) is 0 Å². The smallest absolute Gasteiger partial charge is 0.352 e. The molecule has 5 N–H and O–H groups in total. The van der Waals surface area contributed by atoms with Gasteiger partial charge in [-0.25, -0.2) is 22.9 Å². The van der Waals surface area contributed by atoms with Gasteiger partial charge in [0, 0.05) is 24.9 Å². The maximum atomic E-state index is 12.5. The number of sulfonamides is 1. The average molecular weight is 484 g/mol. The first-order valence-corrected chi connectivity index (χ1v) is 12.2. The summed E-state index contributed by atoms with van der Waals surface area (Å²) in [5.74, 6) is -2.80. The Bertz CT molecular complexity index is 1250. The molecule has 4 heterocycles. The van der Waals surface area contributed by atoms with E-state index in [9.17, 15) is 33.0 Å². The second-order valence-electron chi connectivity index (χ2n) is 7.48. The number of rotatable bonds is 10. The molecule has 0 aliphatic carbocycles. The lowest BCUT2D eigenvalue weighted by molar-refractivity contribution is -0.155. The number of hydrogen-bond acceptors (Lipinski definition) is 9. The fourth-order valence-corrected chi connectivity index (χ4v) is 6.04. The fourth-order valence-electron chi connectivity index (χ4n) is 4.09. The molecule has 0 unspecified atom stereocenters. The third-order valence-electron chi connectivity index (χ3n) is 5.55. The van der Waals surface area contributed by atoms with Gasteiger partial charge in [-0.05, 0) is 12.8 Å². The van der Waals surface area contributed by atoms with E-state index in [1.54, 1.807) is 10.6 Å². The van der Waals surface area contributed by atoms with Crippen LogP contribution in [0.1, 0.15) is 28.2 Å². The Morgan fingerprint density at radius 3 is 2.78 bits per heavy atom. The predicted molar refractivity (Wildman–Crippen MR) is 113 cm³/mol. The Kier molecular flexibility index (Phi) is 5.89. The van der Waals surface area contributed by atoms with E-state index in [4.69, 9.17) is 5.73 Å². The van der Waals surface area contributed by atoms with Crippen LogP contribution in [0, 0.1) is 5.92 Å². The number of thiazole rings is 1. The molecule has 1 amide bonds. The Morgan fingerprint density at radius 2 is 2.12 bits per heavy atom. The number of carboxylic acids is 1. The van der Waals surface area contributed by atoms with Gasteiger partial charge in [0.1, 0.15) is 22.5 Å². The van der Waals surface area contributed by atoms with E-state index < -0.39 is 34.2 Å². The van der Waals surface area contributed by atoms with Crippen LogP contribution in [0.2, 0.25) is 0 Å². The highest BCUT2D eigenvalue weighted by atomic mass is 32.2. The van der Waals surface area contributed by atoms with E-state index in [0.29, 0.717) is 21.7 Å². The summed E-state index contributed by atoms with van der Waals surface area (Å²) in [6.45, 7) is -0.709. The van der Waals surface area contributed by atoms with E-state index in [-0.39, 0.29) is 48.7 Å². The van der Waals surface area contributed by atoms with Crippen molar-refractivity contribution in [2.75, 3.05) is 25.4 Å². The van der Waals surface area contributed by atoms with Gasteiger partial charge in [0.15, 0.2) is 5.78 Å². The number of carbonyl (C=O) groups excluding carboxylic acids is 2. The molecule has 2 aliphatic rings. The molecule has 0 bridgehead atoms. The molecule has 2 aromatic heterocycles. The zero-order valence-electron chi connectivity index (χ0n) is 16.7. The monoisotopic (exact) mass is 483 g/mol. The minimum atomic E-state index is -3.67. The second-order valence-corrected chi connectivity index (χ2v) is 10.4. The molecule has 2 atom stereocenters. The Morgan fingerprint density at radius 1 is 1.38 bits per heavy atom. The third-order valence-corrected chi connectivity index (χ3v) is 8.07. The number of aliphatic carboxylic acids is 1. The molecule has 172 valence electrons. The van der Waals surface area contributed by atoms with Gasteiger partial charge in [0.2, 0.25) is 15.9 Å². The van der Waals surface area contributed by atoms with Crippen LogP contribution < -0.4 is 10.5 Å². The molecule has 2 aliphatic heterocycles. The van der Waals surface area contributed by atoms with Crippen LogP contribution >= 0.6 is 11.3 Å². The maximum absolute atomic E-state index is 12.5. The van der Waals surface area contributed by atoms with Gasteiger partial charge >= 0.3 is 5.97 Å². The first kappa shape index (κ1) is 22.5. The normalized spacial score (nSPS) is 20.7. The number of nitrogens with one attached hydrogen (secondary N) is 1. The van der Waals surface area contributed by atoms with Crippen molar-refractivity contribution in [2.24, 2.45) is 11.7 Å². The molecule has 14 heteroatoms. The summed E-state index contributed by atoms with van der Waals surface area (Å²) >= 11 is 1.14. The highest BCUT2D eigenvalue weighted by molar-refractivity contribution is 7.89. The van der Waals surface area contributed by atoms with Crippen molar-refractivity contribution < 1.29 is 33.0 Å². The topological polar surface area (TPSA) is 184 Å². The van der Waals surface area contributed by atoms with E-state index in [0.717, 1.165) is 11.3 Å². The van der Waals surface area contributed by atoms with Crippen LogP contribution in [0.3, 0.4) is 0 Å². The van der Waals surface area contributed by atoms with Gasteiger partial charge in [0.25, 0.3) is 0 Å². The van der Waals surface area contributed by atoms with E-state index in [1.165, 1.54) is 11.2 Å². The number of Topliss-reactive ketones (excluding diaryl/α,β-unsaturated/α-hetero) is 1. The van der Waals surface area contributed by atoms with Crippen LogP contribution in [-0.2, 0) is 19.6 Å². The summed E-state index contributed by atoms with van der Waals surface area (Å²) in [5.41, 5.74) is 5.69. The van der Waals surface area contributed by atoms with Crippen molar-refractivity contribution in [3.63, 3.8) is 0 Å². The fraction of sp³-hybridized carbons (Fsp3) is 0.444. The van der Waals surface area contributed by atoms with Crippen molar-refractivity contribution in [3.05, 3.63) is 28.8 Å². The standard InChI is InChI=1S/C18H21N5O7S2/c19-2-4-32(29,30)21-6-12(25)14-17-22(8-20-14)7-13(31-17)10-5-11-9(1-3-24)16(26)23(11)15(10)18(27)28/h7-9,11,21,24H,1-6,19H2,(H,27,28)/t9-,11+/m0/s1. The van der Waals surface area contributed by atoms with Crippen LogP contribution in [0.25, 0.3) is 10.4 Å². The lowest BCUT2D eigenvalue weighted by atomic mass is 9.84. The highest BCUT2D eigenvalue weighted by Crippen LogP contribution is 2.48. The average Bonchev–Trinajstić information content (AvgIpc) is 3.40. The number of aliphatic hydroxyl groups excluding tert-OH is 1. The van der Waals surface area contributed by atoms with Gasteiger partial charge < -0.3 is 20.8 Å². The molecule has 0 radical (unpaired) electrons. The summed E-state index contributed by atoms with van der Waals surface area (Å²) in [5, 5.41) is 18.9. The van der Waals surface area contributed by atoms with E-state index in [2.05, 4.69) is 9.71 Å². The molecule has 0 spiro atoms. The summed E-state index contributed by atoms with van der Waals surface area (Å²) in [7, 11) is -3.67. The van der Waals surface area contributed by atoms with Crippen LogP contribution in [0.4, 0.5) is 0 Å². The minimum absolute atomic E-state index is 0.0599. The third kappa shape index (κ3) is 3.73. The number of nitrogens with zero attached hydrogens (tertiary/aromatic N) is 3. The van der Waals surface area contributed by atoms with Crippen LogP contribution in [0.5, 0.6) is 0 Å². The van der Waals surface area contributed by atoms with Gasteiger partial charge in [0.05, 0.1) is 29.1 Å². The molecular formula is C18H21N5O7S2. The predicted octanol–water partition coefficient (Wildman–Crippen LogP) is -1.13. The van der Waals surface area contributed by atoms with Crippen molar-refractivity contribution in [1.82, 2.24) is 19.0 Å². The van der Waals surface area contributed by atoms with Crippen LogP contribution in [-0.4, -0.2) is 82.1 Å². The molecule has 12 nitrogen and oxygen atoms in total. The summed E-state index contributed by atoms with van der Waals surface area (Å²) in [6.07, 6.45) is 3.63. The number of nitrogens with two attached hydrogens (primary N) is 1. The minimum Gasteiger partial charge on any atom is -0.477 e. The van der Waals surface area contributed by atoms with Crippen molar-refractivity contribution in [3.8, 4) is 0 Å². The van der Waals surface area contributed by atoms with Gasteiger partial charge in [-0.15, -0.1) is 11.3 Å². The molecule has 0 aromatic carbocycles. The summed E-state index contributed by atoms with van der Waals surface area (Å²) in [4.78, 5) is 43.2. The van der Waals surface area contributed by atoms with E-state index >= 15 is 0 Å². The number of aromatic nitrogens is 2. The number of ketones is 1. The number of fused-ring (bicyclic) bond motifs is 2. The number of carbonyl (C=O) groups is 3. The molecule has 2 aromatic rings. The summed E-state index contributed by atoms with van der Waals surface area (Å²) < 4.78 is 27.2. The van der Waals surface area contributed by atoms with E-state index in [1.807, 2.05) is 0 Å².